The van der Waals surface area contributed by atoms with E-state index in [-0.39, 0.29) is 24.0 Å². The second-order valence-corrected chi connectivity index (χ2v) is 9.00. The van der Waals surface area contributed by atoms with Gasteiger partial charge in [-0.2, -0.15) is 0 Å². The molecule has 1 unspecified atom stereocenters. The van der Waals surface area contributed by atoms with Gasteiger partial charge in [-0.15, -0.1) is 24.0 Å². The van der Waals surface area contributed by atoms with Gasteiger partial charge in [-0.05, 0) is 18.8 Å². The number of hydrogen-bond acceptors (Lipinski definition) is 5. The summed E-state index contributed by atoms with van der Waals surface area (Å²) in [7, 11) is 1.87. The first-order valence-electron chi connectivity index (χ1n) is 11.9. The van der Waals surface area contributed by atoms with Crippen molar-refractivity contribution in [2.24, 2.45) is 10.9 Å². The van der Waals surface area contributed by atoms with Gasteiger partial charge in [-0.1, -0.05) is 19.8 Å². The van der Waals surface area contributed by atoms with E-state index in [1.807, 2.05) is 7.05 Å². The number of ether oxygens (including phenoxy) is 1. The van der Waals surface area contributed by atoms with Gasteiger partial charge in [0.05, 0.1) is 19.8 Å². The van der Waals surface area contributed by atoms with Crippen molar-refractivity contribution >= 4 is 35.8 Å². The Morgan fingerprint density at radius 3 is 2.16 bits per heavy atom. The lowest BCUT2D eigenvalue weighted by molar-refractivity contribution is -0.132. The summed E-state index contributed by atoms with van der Waals surface area (Å²) in [6, 6.07) is 0. The number of guanidine groups is 1. The number of piperazine rings is 1. The van der Waals surface area contributed by atoms with E-state index in [9.17, 15) is 4.79 Å². The third-order valence-electron chi connectivity index (χ3n) is 6.48. The summed E-state index contributed by atoms with van der Waals surface area (Å²) in [5, 5.41) is 3.57. The molecule has 3 fully saturated rings. The number of morpholine rings is 1. The van der Waals surface area contributed by atoms with Gasteiger partial charge in [0.1, 0.15) is 0 Å². The Bertz CT molecular complexity index is 542. The van der Waals surface area contributed by atoms with E-state index in [4.69, 9.17) is 4.74 Å². The molecule has 0 aromatic carbocycles. The lowest BCUT2D eigenvalue weighted by Crippen LogP contribution is -2.54. The quantitative estimate of drug-likeness (QED) is 0.305. The average molecular weight is 551 g/mol. The van der Waals surface area contributed by atoms with Crippen molar-refractivity contribution in [3.63, 3.8) is 0 Å². The summed E-state index contributed by atoms with van der Waals surface area (Å²) in [5.41, 5.74) is 0. The number of carbonyl (C=O) groups excluding carboxylic acids is 1. The molecular formula is C22H43IN6O2. The maximum absolute atomic E-state index is 12.7. The van der Waals surface area contributed by atoms with Crippen molar-refractivity contribution in [3.05, 3.63) is 0 Å². The average Bonchev–Trinajstić information content (AvgIpc) is 3.06. The Morgan fingerprint density at radius 1 is 0.903 bits per heavy atom. The maximum Gasteiger partial charge on any atom is 0.236 e. The molecule has 3 aliphatic heterocycles. The van der Waals surface area contributed by atoms with Gasteiger partial charge in [0.15, 0.2) is 5.96 Å². The van der Waals surface area contributed by atoms with Gasteiger partial charge in [0.25, 0.3) is 0 Å². The van der Waals surface area contributed by atoms with Crippen molar-refractivity contribution in [1.82, 2.24) is 24.9 Å². The molecule has 0 bridgehead atoms. The molecule has 9 heteroatoms. The highest BCUT2D eigenvalue weighted by Gasteiger charge is 2.24. The SMILES string of the molecule is CN=C(NCC(C)CN1CCOCC1)N1CCN(CC(=O)N2CCCCCC2)CC1.I. The predicted molar refractivity (Wildman–Crippen MR) is 136 cm³/mol. The van der Waals surface area contributed by atoms with Crippen molar-refractivity contribution in [2.75, 3.05) is 92.3 Å². The number of aliphatic imine (C=N–C) groups is 1. The maximum atomic E-state index is 12.7. The highest BCUT2D eigenvalue weighted by atomic mass is 127. The van der Waals surface area contributed by atoms with E-state index in [2.05, 4.69) is 36.8 Å². The fourth-order valence-electron chi connectivity index (χ4n) is 4.62. The summed E-state index contributed by atoms with van der Waals surface area (Å²) in [5.74, 6) is 1.86. The standard InChI is InChI=1S/C22H42N6O2.HI/c1-20(18-26-13-15-30-16-14-26)17-24-22(23-2)28-11-9-25(10-12-28)19-21(29)27-7-5-3-4-6-8-27;/h20H,3-19H2,1-2H3,(H,23,24);1H. The van der Waals surface area contributed by atoms with Crippen LogP contribution in [-0.2, 0) is 9.53 Å². The van der Waals surface area contributed by atoms with Gasteiger partial charge in [0.2, 0.25) is 5.91 Å². The Labute approximate surface area is 205 Å². The summed E-state index contributed by atoms with van der Waals surface area (Å²) in [6.07, 6.45) is 4.84. The normalized spacial score (nSPS) is 23.1. The number of nitrogens with zero attached hydrogens (tertiary/aromatic N) is 5. The van der Waals surface area contributed by atoms with Crippen molar-refractivity contribution < 1.29 is 9.53 Å². The molecule has 0 radical (unpaired) electrons. The predicted octanol–water partition coefficient (Wildman–Crippen LogP) is 1.17. The van der Waals surface area contributed by atoms with Crippen LogP contribution >= 0.6 is 24.0 Å². The molecule has 3 heterocycles. The third kappa shape index (κ3) is 9.01. The Kier molecular flexibility index (Phi) is 12.4. The summed E-state index contributed by atoms with van der Waals surface area (Å²) >= 11 is 0. The monoisotopic (exact) mass is 550 g/mol. The smallest absolute Gasteiger partial charge is 0.236 e. The Morgan fingerprint density at radius 2 is 1.55 bits per heavy atom. The number of amides is 1. The fourth-order valence-corrected chi connectivity index (χ4v) is 4.62. The van der Waals surface area contributed by atoms with Crippen molar-refractivity contribution in [1.29, 1.82) is 0 Å². The zero-order valence-electron chi connectivity index (χ0n) is 19.6. The van der Waals surface area contributed by atoms with Crippen molar-refractivity contribution in [2.45, 2.75) is 32.6 Å². The van der Waals surface area contributed by atoms with Crippen LogP contribution in [0.1, 0.15) is 32.6 Å². The second kappa shape index (κ2) is 14.5. The van der Waals surface area contributed by atoms with Crippen LogP contribution in [0.15, 0.2) is 4.99 Å². The molecule has 0 aromatic heterocycles. The molecule has 3 aliphatic rings. The summed E-state index contributed by atoms with van der Waals surface area (Å²) in [4.78, 5) is 26.4. The van der Waals surface area contributed by atoms with Crippen LogP contribution in [0.4, 0.5) is 0 Å². The molecule has 1 N–H and O–H groups in total. The zero-order valence-corrected chi connectivity index (χ0v) is 21.9. The van der Waals surface area contributed by atoms with Crippen LogP contribution in [0.2, 0.25) is 0 Å². The molecule has 180 valence electrons. The Balaban J connectivity index is 0.00000341. The summed E-state index contributed by atoms with van der Waals surface area (Å²) < 4.78 is 5.44. The molecule has 8 nitrogen and oxygen atoms in total. The molecule has 0 spiro atoms. The first kappa shape index (κ1) is 26.6. The fraction of sp³-hybridized carbons (Fsp3) is 0.909. The van der Waals surface area contributed by atoms with Gasteiger partial charge in [0, 0.05) is 72.5 Å². The lowest BCUT2D eigenvalue weighted by atomic mass is 10.1. The van der Waals surface area contributed by atoms with Crippen LogP contribution in [0.25, 0.3) is 0 Å². The number of likely N-dealkylation sites (tertiary alicyclic amines) is 1. The minimum absolute atomic E-state index is 0. The first-order valence-corrected chi connectivity index (χ1v) is 11.9. The van der Waals surface area contributed by atoms with Crippen molar-refractivity contribution in [3.8, 4) is 0 Å². The minimum Gasteiger partial charge on any atom is -0.379 e. The van der Waals surface area contributed by atoms with E-state index in [0.717, 1.165) is 97.5 Å². The van der Waals surface area contributed by atoms with Gasteiger partial charge in [-0.3, -0.25) is 19.6 Å². The number of rotatable bonds is 6. The van der Waals surface area contributed by atoms with Gasteiger partial charge in [-0.25, -0.2) is 0 Å². The largest absolute Gasteiger partial charge is 0.379 e. The van der Waals surface area contributed by atoms with E-state index in [0.29, 0.717) is 18.4 Å². The van der Waals surface area contributed by atoms with Gasteiger partial charge < -0.3 is 19.9 Å². The molecule has 0 aliphatic carbocycles. The number of hydrogen-bond donors (Lipinski definition) is 1. The van der Waals surface area contributed by atoms with Crippen LogP contribution in [0.3, 0.4) is 0 Å². The number of nitrogens with one attached hydrogen (secondary N) is 1. The van der Waals surface area contributed by atoms with Crippen LogP contribution < -0.4 is 5.32 Å². The van der Waals surface area contributed by atoms with E-state index in [1.165, 1.54) is 12.8 Å². The van der Waals surface area contributed by atoms with E-state index >= 15 is 0 Å². The topological polar surface area (TPSA) is 63.7 Å². The molecule has 1 amide bonds. The molecule has 3 rings (SSSR count). The Hall–Kier alpha value is -0.650. The first-order chi connectivity index (χ1) is 14.7. The molecule has 1 atom stereocenters. The molecule has 3 saturated heterocycles. The zero-order chi connectivity index (χ0) is 21.2. The molecule has 0 saturated carbocycles. The lowest BCUT2D eigenvalue weighted by Gasteiger charge is -2.37. The highest BCUT2D eigenvalue weighted by molar-refractivity contribution is 14.0. The van der Waals surface area contributed by atoms with Crippen LogP contribution in [0, 0.1) is 5.92 Å². The minimum atomic E-state index is 0. The van der Waals surface area contributed by atoms with Crippen LogP contribution in [-0.4, -0.2) is 124 Å². The van der Waals surface area contributed by atoms with Gasteiger partial charge >= 0.3 is 0 Å². The molecule has 0 aromatic rings. The highest BCUT2D eigenvalue weighted by Crippen LogP contribution is 2.11. The summed E-state index contributed by atoms with van der Waals surface area (Å²) in [6.45, 7) is 14.2. The molecular weight excluding hydrogens is 507 g/mol. The van der Waals surface area contributed by atoms with E-state index in [1.54, 1.807) is 0 Å². The van der Waals surface area contributed by atoms with Crippen LogP contribution in [0.5, 0.6) is 0 Å². The second-order valence-electron chi connectivity index (χ2n) is 9.00. The molecule has 31 heavy (non-hydrogen) atoms. The number of carbonyl (C=O) groups is 1. The number of halogens is 1. The third-order valence-corrected chi connectivity index (χ3v) is 6.48. The van der Waals surface area contributed by atoms with E-state index < -0.39 is 0 Å².